The van der Waals surface area contributed by atoms with E-state index in [1.807, 2.05) is 24.3 Å². The van der Waals surface area contributed by atoms with Gasteiger partial charge in [0.15, 0.2) is 0 Å². The van der Waals surface area contributed by atoms with Crippen LogP contribution in [0, 0.1) is 0 Å². The van der Waals surface area contributed by atoms with Gasteiger partial charge in [0, 0.05) is 12.1 Å². The zero-order valence-electron chi connectivity index (χ0n) is 10.2. The fourth-order valence-electron chi connectivity index (χ4n) is 1.68. The first-order chi connectivity index (χ1) is 8.07. The minimum Gasteiger partial charge on any atom is -0.490 e. The molecule has 1 aromatic rings. The van der Waals surface area contributed by atoms with Crippen LogP contribution in [0.25, 0.3) is 0 Å². The molecule has 0 spiro atoms. The van der Waals surface area contributed by atoms with E-state index in [-0.39, 0.29) is 11.6 Å². The van der Waals surface area contributed by atoms with Gasteiger partial charge in [0.1, 0.15) is 18.5 Å². The van der Waals surface area contributed by atoms with E-state index in [0.29, 0.717) is 6.61 Å². The largest absolute Gasteiger partial charge is 0.490 e. The molecule has 1 aliphatic rings. The number of halogens is 1. The van der Waals surface area contributed by atoms with Crippen LogP contribution >= 0.6 is 15.9 Å². The topological polar surface area (TPSA) is 30.5 Å². The Balaban J connectivity index is 1.82. The van der Waals surface area contributed by atoms with Crippen LogP contribution in [0.15, 0.2) is 28.7 Å². The highest BCUT2D eigenvalue weighted by Crippen LogP contribution is 2.24. The van der Waals surface area contributed by atoms with E-state index in [1.54, 1.807) is 0 Å². The van der Waals surface area contributed by atoms with Gasteiger partial charge in [0.25, 0.3) is 0 Å². The van der Waals surface area contributed by atoms with Crippen molar-refractivity contribution in [3.63, 3.8) is 0 Å². The number of rotatable bonds is 3. The minimum atomic E-state index is 0.0732. The number of nitrogens with one attached hydrogen (secondary N) is 1. The number of ether oxygens (including phenoxy) is 2. The summed E-state index contributed by atoms with van der Waals surface area (Å²) in [5.41, 5.74) is 0.0732. The van der Waals surface area contributed by atoms with Gasteiger partial charge in [-0.1, -0.05) is 12.1 Å². The van der Waals surface area contributed by atoms with Gasteiger partial charge in [0.05, 0.1) is 11.1 Å². The second-order valence-electron chi connectivity index (χ2n) is 4.94. The van der Waals surface area contributed by atoms with Crippen LogP contribution in [0.5, 0.6) is 5.75 Å². The molecule has 94 valence electrons. The molecule has 0 bridgehead atoms. The normalized spacial score (nSPS) is 23.4. The Morgan fingerprint density at radius 1 is 1.47 bits per heavy atom. The molecule has 1 aromatic carbocycles. The summed E-state index contributed by atoms with van der Waals surface area (Å²) in [5, 5.41) is 3.44. The third-order valence-corrected chi connectivity index (χ3v) is 3.40. The minimum absolute atomic E-state index is 0.0732. The quantitative estimate of drug-likeness (QED) is 0.931. The van der Waals surface area contributed by atoms with Crippen molar-refractivity contribution in [2.24, 2.45) is 0 Å². The highest BCUT2D eigenvalue weighted by atomic mass is 79.9. The monoisotopic (exact) mass is 299 g/mol. The Bertz CT molecular complexity index is 371. The van der Waals surface area contributed by atoms with Crippen LogP contribution in [0.2, 0.25) is 0 Å². The van der Waals surface area contributed by atoms with Gasteiger partial charge in [0.2, 0.25) is 0 Å². The summed E-state index contributed by atoms with van der Waals surface area (Å²) in [6.45, 7) is 6.40. The van der Waals surface area contributed by atoms with Crippen LogP contribution in [0.3, 0.4) is 0 Å². The van der Waals surface area contributed by atoms with Gasteiger partial charge in [-0.2, -0.15) is 0 Å². The van der Waals surface area contributed by atoms with Gasteiger partial charge in [-0.15, -0.1) is 0 Å². The zero-order valence-corrected chi connectivity index (χ0v) is 11.8. The Kier molecular flexibility index (Phi) is 4.07. The second-order valence-corrected chi connectivity index (χ2v) is 5.79. The van der Waals surface area contributed by atoms with Gasteiger partial charge in [-0.05, 0) is 41.9 Å². The summed E-state index contributed by atoms with van der Waals surface area (Å²) in [6, 6.07) is 7.85. The van der Waals surface area contributed by atoms with Gasteiger partial charge < -0.3 is 14.8 Å². The summed E-state index contributed by atoms with van der Waals surface area (Å²) in [4.78, 5) is 0. The van der Waals surface area contributed by atoms with Crippen molar-refractivity contribution in [2.45, 2.75) is 25.5 Å². The lowest BCUT2D eigenvalue weighted by Crippen LogP contribution is -2.54. The third-order valence-electron chi connectivity index (χ3n) is 2.75. The SMILES string of the molecule is CC1(C)COC(COc2ccccc2Br)CN1. The summed E-state index contributed by atoms with van der Waals surface area (Å²) >= 11 is 3.46. The Labute approximate surface area is 111 Å². The van der Waals surface area contributed by atoms with Crippen LogP contribution in [-0.4, -0.2) is 31.4 Å². The molecule has 1 aliphatic heterocycles. The molecule has 0 aliphatic carbocycles. The number of para-hydroxylation sites is 1. The number of hydrogen-bond acceptors (Lipinski definition) is 3. The molecule has 17 heavy (non-hydrogen) atoms. The van der Waals surface area contributed by atoms with Crippen molar-refractivity contribution < 1.29 is 9.47 Å². The summed E-state index contributed by atoms with van der Waals surface area (Å²) in [6.07, 6.45) is 0.120. The first-order valence-corrected chi connectivity index (χ1v) is 6.60. The fraction of sp³-hybridized carbons (Fsp3) is 0.538. The van der Waals surface area contributed by atoms with Gasteiger partial charge in [-0.25, -0.2) is 0 Å². The fourth-order valence-corrected chi connectivity index (χ4v) is 2.08. The average molecular weight is 300 g/mol. The third kappa shape index (κ3) is 3.69. The van der Waals surface area contributed by atoms with Crippen LogP contribution in [0.1, 0.15) is 13.8 Å². The van der Waals surface area contributed by atoms with Crippen molar-refractivity contribution >= 4 is 15.9 Å². The molecule has 1 heterocycles. The van der Waals surface area contributed by atoms with Crippen molar-refractivity contribution in [1.82, 2.24) is 5.32 Å². The molecular formula is C13H18BrNO2. The molecule has 2 rings (SSSR count). The van der Waals surface area contributed by atoms with E-state index in [9.17, 15) is 0 Å². The van der Waals surface area contributed by atoms with Gasteiger partial charge in [-0.3, -0.25) is 0 Å². The Hall–Kier alpha value is -0.580. The van der Waals surface area contributed by atoms with E-state index in [4.69, 9.17) is 9.47 Å². The molecule has 1 N–H and O–H groups in total. The number of morpholine rings is 1. The van der Waals surface area contributed by atoms with E-state index in [1.165, 1.54) is 0 Å². The summed E-state index contributed by atoms with van der Waals surface area (Å²) < 4.78 is 12.5. The average Bonchev–Trinajstić information content (AvgIpc) is 2.30. The molecule has 0 saturated carbocycles. The van der Waals surface area contributed by atoms with Crippen LogP contribution in [0.4, 0.5) is 0 Å². The molecule has 1 unspecified atom stereocenters. The van der Waals surface area contributed by atoms with E-state index in [2.05, 4.69) is 35.1 Å². The summed E-state index contributed by atoms with van der Waals surface area (Å²) in [7, 11) is 0. The highest BCUT2D eigenvalue weighted by Gasteiger charge is 2.27. The summed E-state index contributed by atoms with van der Waals surface area (Å²) in [5.74, 6) is 0.862. The second kappa shape index (κ2) is 5.38. The molecule has 0 amide bonds. The van der Waals surface area contributed by atoms with E-state index >= 15 is 0 Å². The maximum atomic E-state index is 5.75. The maximum Gasteiger partial charge on any atom is 0.133 e. The molecule has 3 nitrogen and oxygen atoms in total. The first kappa shape index (κ1) is 12.9. The predicted molar refractivity (Wildman–Crippen MR) is 71.5 cm³/mol. The van der Waals surface area contributed by atoms with Gasteiger partial charge >= 0.3 is 0 Å². The Morgan fingerprint density at radius 2 is 2.24 bits per heavy atom. The molecular weight excluding hydrogens is 282 g/mol. The van der Waals surface area contributed by atoms with Crippen molar-refractivity contribution in [2.75, 3.05) is 19.8 Å². The van der Waals surface area contributed by atoms with Crippen LogP contribution < -0.4 is 10.1 Å². The van der Waals surface area contributed by atoms with Crippen molar-refractivity contribution in [3.05, 3.63) is 28.7 Å². The first-order valence-electron chi connectivity index (χ1n) is 5.81. The lowest BCUT2D eigenvalue weighted by atomic mass is 10.1. The van der Waals surface area contributed by atoms with Crippen molar-refractivity contribution in [1.29, 1.82) is 0 Å². The molecule has 0 radical (unpaired) electrons. The molecule has 0 aromatic heterocycles. The Morgan fingerprint density at radius 3 is 2.88 bits per heavy atom. The number of hydrogen-bond donors (Lipinski definition) is 1. The molecule has 1 atom stereocenters. The van der Waals surface area contributed by atoms with Crippen LogP contribution in [-0.2, 0) is 4.74 Å². The highest BCUT2D eigenvalue weighted by molar-refractivity contribution is 9.10. The molecule has 1 fully saturated rings. The molecule has 1 saturated heterocycles. The zero-order chi connectivity index (χ0) is 12.3. The lowest BCUT2D eigenvalue weighted by Gasteiger charge is -2.35. The maximum absolute atomic E-state index is 5.75. The van der Waals surface area contributed by atoms with E-state index < -0.39 is 0 Å². The van der Waals surface area contributed by atoms with E-state index in [0.717, 1.165) is 23.4 Å². The number of benzene rings is 1. The lowest BCUT2D eigenvalue weighted by molar-refractivity contribution is -0.0413. The standard InChI is InChI=1S/C13H18BrNO2/c1-13(2)9-17-10(7-15-13)8-16-12-6-4-3-5-11(12)14/h3-6,10,15H,7-9H2,1-2H3. The molecule has 4 heteroatoms. The smallest absolute Gasteiger partial charge is 0.133 e. The van der Waals surface area contributed by atoms with Crippen molar-refractivity contribution in [3.8, 4) is 5.75 Å². The predicted octanol–water partition coefficient (Wildman–Crippen LogP) is 2.59.